The number of amides is 1. The summed E-state index contributed by atoms with van der Waals surface area (Å²) in [4.78, 5) is 14.5. The van der Waals surface area contributed by atoms with Gasteiger partial charge in [0.1, 0.15) is 11.6 Å². The molecule has 1 amide bonds. The number of rotatable bonds is 5. The van der Waals surface area contributed by atoms with Gasteiger partial charge in [-0.2, -0.15) is 4.31 Å². The number of hydrogen-bond donors (Lipinski definition) is 1. The number of sulfonamides is 1. The molecular weight excluding hydrogens is 388 g/mol. The Kier molecular flexibility index (Phi) is 6.07. The fourth-order valence-electron chi connectivity index (χ4n) is 3.04. The molecule has 2 aromatic carbocycles. The van der Waals surface area contributed by atoms with E-state index in [0.29, 0.717) is 32.2 Å². The van der Waals surface area contributed by atoms with Gasteiger partial charge in [0.2, 0.25) is 10.0 Å². The van der Waals surface area contributed by atoms with Crippen molar-refractivity contribution in [2.75, 3.05) is 38.0 Å². The molecule has 3 rings (SSSR count). The van der Waals surface area contributed by atoms with Crippen LogP contribution in [0, 0.1) is 11.6 Å². The molecule has 150 valence electrons. The summed E-state index contributed by atoms with van der Waals surface area (Å²) in [6, 6.07) is 8.43. The highest BCUT2D eigenvalue weighted by atomic mass is 32.2. The number of nitrogens with zero attached hydrogens (tertiary/aromatic N) is 2. The van der Waals surface area contributed by atoms with E-state index in [2.05, 4.69) is 10.2 Å². The molecule has 1 aliphatic rings. The Balaban J connectivity index is 1.77. The topological polar surface area (TPSA) is 69.7 Å². The molecule has 28 heavy (non-hydrogen) atoms. The zero-order valence-electron chi connectivity index (χ0n) is 15.4. The minimum Gasteiger partial charge on any atom is -0.322 e. The van der Waals surface area contributed by atoms with Gasteiger partial charge in [-0.3, -0.25) is 4.79 Å². The number of piperazine rings is 1. The van der Waals surface area contributed by atoms with E-state index < -0.39 is 27.6 Å². The van der Waals surface area contributed by atoms with Gasteiger partial charge in [0.25, 0.3) is 5.91 Å². The molecule has 9 heteroatoms. The highest BCUT2D eigenvalue weighted by Crippen LogP contribution is 2.22. The van der Waals surface area contributed by atoms with Gasteiger partial charge in [-0.15, -0.1) is 0 Å². The van der Waals surface area contributed by atoms with Crippen molar-refractivity contribution in [1.29, 1.82) is 0 Å². The predicted molar refractivity (Wildman–Crippen MR) is 102 cm³/mol. The van der Waals surface area contributed by atoms with E-state index in [9.17, 15) is 22.0 Å². The number of likely N-dealkylation sites (N-methyl/N-ethyl adjacent to an activating group) is 1. The molecule has 1 heterocycles. The summed E-state index contributed by atoms with van der Waals surface area (Å²) < 4.78 is 53.9. The third kappa shape index (κ3) is 4.37. The van der Waals surface area contributed by atoms with Gasteiger partial charge in [-0.1, -0.05) is 13.0 Å². The van der Waals surface area contributed by atoms with Crippen LogP contribution < -0.4 is 5.32 Å². The summed E-state index contributed by atoms with van der Waals surface area (Å²) in [6.07, 6.45) is 0. The molecule has 2 aromatic rings. The van der Waals surface area contributed by atoms with Crippen LogP contribution in [0.4, 0.5) is 14.5 Å². The molecule has 0 bridgehead atoms. The summed E-state index contributed by atoms with van der Waals surface area (Å²) in [5.74, 6) is -2.57. The normalized spacial score (nSPS) is 16.1. The molecule has 0 saturated carbocycles. The van der Waals surface area contributed by atoms with Crippen LogP contribution in [0.1, 0.15) is 17.3 Å². The minimum atomic E-state index is -3.70. The summed E-state index contributed by atoms with van der Waals surface area (Å²) >= 11 is 0. The molecule has 6 nitrogen and oxygen atoms in total. The first-order chi connectivity index (χ1) is 13.3. The van der Waals surface area contributed by atoms with Gasteiger partial charge in [0.05, 0.1) is 10.5 Å². The monoisotopic (exact) mass is 409 g/mol. The van der Waals surface area contributed by atoms with Crippen molar-refractivity contribution in [3.05, 3.63) is 59.7 Å². The van der Waals surface area contributed by atoms with Gasteiger partial charge in [-0.05, 0) is 36.9 Å². The van der Waals surface area contributed by atoms with Crippen LogP contribution in [0.3, 0.4) is 0 Å². The van der Waals surface area contributed by atoms with E-state index in [1.165, 1.54) is 28.6 Å². The molecule has 1 fully saturated rings. The maximum absolute atomic E-state index is 13.8. The molecular formula is C19H21F2N3O3S. The molecule has 0 radical (unpaired) electrons. The third-order valence-electron chi connectivity index (χ3n) is 4.68. The Morgan fingerprint density at radius 3 is 2.43 bits per heavy atom. The second kappa shape index (κ2) is 8.34. The Labute approximate surface area is 162 Å². The van der Waals surface area contributed by atoms with Crippen LogP contribution in [0.5, 0.6) is 0 Å². The fraction of sp³-hybridized carbons (Fsp3) is 0.316. The number of anilines is 1. The summed E-state index contributed by atoms with van der Waals surface area (Å²) in [7, 11) is -3.70. The summed E-state index contributed by atoms with van der Waals surface area (Å²) in [5.41, 5.74) is -0.118. The largest absolute Gasteiger partial charge is 0.322 e. The van der Waals surface area contributed by atoms with Crippen LogP contribution in [-0.4, -0.2) is 56.3 Å². The third-order valence-corrected chi connectivity index (χ3v) is 6.58. The van der Waals surface area contributed by atoms with Gasteiger partial charge in [0.15, 0.2) is 0 Å². The van der Waals surface area contributed by atoms with Crippen molar-refractivity contribution in [2.45, 2.75) is 11.8 Å². The Morgan fingerprint density at radius 2 is 1.79 bits per heavy atom. The number of benzene rings is 2. The van der Waals surface area contributed by atoms with Crippen LogP contribution >= 0.6 is 0 Å². The van der Waals surface area contributed by atoms with E-state index in [0.717, 1.165) is 18.7 Å². The molecule has 1 N–H and O–H groups in total. The van der Waals surface area contributed by atoms with Crippen molar-refractivity contribution in [2.24, 2.45) is 0 Å². The molecule has 0 spiro atoms. The summed E-state index contributed by atoms with van der Waals surface area (Å²) in [6.45, 7) is 5.02. The Morgan fingerprint density at radius 1 is 1.07 bits per heavy atom. The molecule has 0 atom stereocenters. The van der Waals surface area contributed by atoms with E-state index in [1.807, 2.05) is 6.92 Å². The second-order valence-electron chi connectivity index (χ2n) is 6.44. The minimum absolute atomic E-state index is 0.0508. The average molecular weight is 409 g/mol. The second-order valence-corrected chi connectivity index (χ2v) is 8.38. The highest BCUT2D eigenvalue weighted by Gasteiger charge is 2.28. The lowest BCUT2D eigenvalue weighted by molar-refractivity contribution is 0.102. The first-order valence-corrected chi connectivity index (χ1v) is 10.3. The van der Waals surface area contributed by atoms with Crippen LogP contribution in [0.25, 0.3) is 0 Å². The Hall–Kier alpha value is -2.36. The fourth-order valence-corrected chi connectivity index (χ4v) is 4.51. The van der Waals surface area contributed by atoms with Crippen molar-refractivity contribution in [1.82, 2.24) is 9.21 Å². The lowest BCUT2D eigenvalue weighted by Gasteiger charge is -2.33. The molecule has 1 aliphatic heterocycles. The standard InChI is InChI=1S/C19H21F2N3O3S/c1-2-23-8-10-24(11-9-23)28(26,27)16-5-3-4-15(13-16)22-19(25)17-7-6-14(20)12-18(17)21/h3-7,12-13H,2,8-11H2,1H3,(H,22,25). The van der Waals surface area contributed by atoms with E-state index >= 15 is 0 Å². The van der Waals surface area contributed by atoms with E-state index in [1.54, 1.807) is 0 Å². The molecule has 0 aliphatic carbocycles. The van der Waals surface area contributed by atoms with Gasteiger partial charge < -0.3 is 10.2 Å². The summed E-state index contributed by atoms with van der Waals surface area (Å²) in [5, 5.41) is 2.46. The number of hydrogen-bond acceptors (Lipinski definition) is 4. The van der Waals surface area contributed by atoms with Crippen molar-refractivity contribution < 1.29 is 22.0 Å². The van der Waals surface area contributed by atoms with Crippen molar-refractivity contribution >= 4 is 21.6 Å². The quantitative estimate of drug-likeness (QED) is 0.824. The lowest BCUT2D eigenvalue weighted by Crippen LogP contribution is -2.48. The van der Waals surface area contributed by atoms with Gasteiger partial charge >= 0.3 is 0 Å². The van der Waals surface area contributed by atoms with Crippen LogP contribution in [-0.2, 0) is 10.0 Å². The SMILES string of the molecule is CCN1CCN(S(=O)(=O)c2cccc(NC(=O)c3ccc(F)cc3F)c2)CC1. The maximum Gasteiger partial charge on any atom is 0.258 e. The molecule has 0 aromatic heterocycles. The van der Waals surface area contributed by atoms with E-state index in [4.69, 9.17) is 0 Å². The van der Waals surface area contributed by atoms with Gasteiger partial charge in [-0.25, -0.2) is 17.2 Å². The maximum atomic E-state index is 13.8. The van der Waals surface area contributed by atoms with Crippen LogP contribution in [0.2, 0.25) is 0 Å². The van der Waals surface area contributed by atoms with Crippen LogP contribution in [0.15, 0.2) is 47.4 Å². The predicted octanol–water partition coefficient (Wildman–Crippen LogP) is 2.54. The van der Waals surface area contributed by atoms with Crippen molar-refractivity contribution in [3.63, 3.8) is 0 Å². The first-order valence-electron chi connectivity index (χ1n) is 8.90. The number of nitrogens with one attached hydrogen (secondary N) is 1. The average Bonchev–Trinajstić information content (AvgIpc) is 2.68. The van der Waals surface area contributed by atoms with E-state index in [-0.39, 0.29) is 16.1 Å². The number of carbonyl (C=O) groups is 1. The molecule has 1 saturated heterocycles. The number of carbonyl (C=O) groups excluding carboxylic acids is 1. The lowest BCUT2D eigenvalue weighted by atomic mass is 10.2. The first kappa shape index (κ1) is 20.4. The molecule has 0 unspecified atom stereocenters. The van der Waals surface area contributed by atoms with Crippen molar-refractivity contribution in [3.8, 4) is 0 Å². The zero-order chi connectivity index (χ0) is 20.3. The number of halogens is 2. The zero-order valence-corrected chi connectivity index (χ0v) is 16.2. The highest BCUT2D eigenvalue weighted by molar-refractivity contribution is 7.89. The van der Waals surface area contributed by atoms with Gasteiger partial charge in [0, 0.05) is 37.9 Å². The Bertz CT molecular complexity index is 974. The smallest absolute Gasteiger partial charge is 0.258 e.